The summed E-state index contributed by atoms with van der Waals surface area (Å²) in [5, 5.41) is 0. The van der Waals surface area contributed by atoms with Gasteiger partial charge in [-0.1, -0.05) is 39.2 Å². The lowest BCUT2D eigenvalue weighted by atomic mass is 10.3. The molecule has 0 radical (unpaired) electrons. The van der Waals surface area contributed by atoms with E-state index in [9.17, 15) is 0 Å². The maximum Gasteiger partial charge on any atom is 0.0267 e. The minimum absolute atomic E-state index is 1.34. The molecule has 1 heteroatoms. The second-order valence-corrected chi connectivity index (χ2v) is 2.38. The van der Waals surface area contributed by atoms with Crippen LogP contribution < -0.4 is 0 Å². The number of hydrogen-bond acceptors (Lipinski definition) is 1. The van der Waals surface area contributed by atoms with Gasteiger partial charge in [0, 0.05) is 12.4 Å². The summed E-state index contributed by atoms with van der Waals surface area (Å²) < 4.78 is 0. The van der Waals surface area contributed by atoms with E-state index >= 15 is 0 Å². The third-order valence-electron chi connectivity index (χ3n) is 1.27. The van der Waals surface area contributed by atoms with Crippen LogP contribution in [0.1, 0.15) is 33.1 Å². The molecule has 0 bridgehead atoms. The molecule has 0 aromatic carbocycles. The lowest BCUT2D eigenvalue weighted by Gasteiger charge is -1.79. The van der Waals surface area contributed by atoms with E-state index < -0.39 is 0 Å². The van der Waals surface area contributed by atoms with Crippen LogP contribution in [0.5, 0.6) is 0 Å². The van der Waals surface area contributed by atoms with Crippen molar-refractivity contribution in [3.8, 4) is 0 Å². The van der Waals surface area contributed by atoms with Crippen molar-refractivity contribution < 1.29 is 0 Å². The first kappa shape index (κ1) is 10.2. The van der Waals surface area contributed by atoms with E-state index in [1.165, 1.54) is 19.3 Å². The molecule has 11 heavy (non-hydrogen) atoms. The topological polar surface area (TPSA) is 12.9 Å². The fourth-order valence-electron chi connectivity index (χ4n) is 0.666. The van der Waals surface area contributed by atoms with Gasteiger partial charge in [0.05, 0.1) is 0 Å². The van der Waals surface area contributed by atoms with Crippen molar-refractivity contribution in [2.24, 2.45) is 0 Å². The summed E-state index contributed by atoms with van der Waals surface area (Å²) in [6.07, 6.45) is 7.58. The highest BCUT2D eigenvalue weighted by Crippen LogP contribution is 1.88. The van der Waals surface area contributed by atoms with E-state index in [4.69, 9.17) is 0 Å². The molecule has 0 aliphatic carbocycles. The molecule has 1 nitrogen and oxygen atoms in total. The number of nitrogens with zero attached hydrogens (tertiary/aromatic N) is 1. The van der Waals surface area contributed by atoms with E-state index in [0.717, 1.165) is 0 Å². The van der Waals surface area contributed by atoms with Crippen molar-refractivity contribution in [1.82, 2.24) is 4.98 Å². The number of unbranched alkanes of at least 4 members (excludes halogenated alkanes) is 2. The number of rotatable bonds is 2. The van der Waals surface area contributed by atoms with E-state index in [2.05, 4.69) is 18.8 Å². The molecule has 1 aromatic heterocycles. The molecule has 0 amide bonds. The summed E-state index contributed by atoms with van der Waals surface area (Å²) in [6.45, 7) is 4.42. The fraction of sp³-hybridized carbons (Fsp3) is 0.500. The van der Waals surface area contributed by atoms with Gasteiger partial charge in [-0.3, -0.25) is 4.98 Å². The summed E-state index contributed by atoms with van der Waals surface area (Å²) >= 11 is 0. The Morgan fingerprint density at radius 3 is 1.55 bits per heavy atom. The van der Waals surface area contributed by atoms with Crippen molar-refractivity contribution in [3.05, 3.63) is 30.6 Å². The largest absolute Gasteiger partial charge is 0.265 e. The Balaban J connectivity index is 0.000000187. The first-order valence-corrected chi connectivity index (χ1v) is 4.26. The molecule has 1 aromatic rings. The maximum absolute atomic E-state index is 3.78. The van der Waals surface area contributed by atoms with E-state index in [1.807, 2.05) is 18.2 Å². The average molecular weight is 151 g/mol. The molecule has 62 valence electrons. The highest BCUT2D eigenvalue weighted by atomic mass is 14.6. The normalized spacial score (nSPS) is 8.18. The highest BCUT2D eigenvalue weighted by molar-refractivity contribution is 4.88. The van der Waals surface area contributed by atoms with Gasteiger partial charge in [0.1, 0.15) is 0 Å². The maximum atomic E-state index is 3.78. The fourth-order valence-corrected chi connectivity index (χ4v) is 0.666. The Labute approximate surface area is 69.5 Å². The number of pyridine rings is 1. The zero-order valence-electron chi connectivity index (χ0n) is 7.46. The molecule has 0 unspecified atom stereocenters. The summed E-state index contributed by atoms with van der Waals surface area (Å²) in [6, 6.07) is 5.72. The van der Waals surface area contributed by atoms with Crippen LogP contribution in [0.3, 0.4) is 0 Å². The second kappa shape index (κ2) is 9.15. The predicted octanol–water partition coefficient (Wildman–Crippen LogP) is 3.28. The van der Waals surface area contributed by atoms with Crippen LogP contribution in [0, 0.1) is 0 Å². The van der Waals surface area contributed by atoms with Crippen LogP contribution >= 0.6 is 0 Å². The lowest BCUT2D eigenvalue weighted by molar-refractivity contribution is 0.772. The standard InChI is InChI=1S/C5H5N.C5H12/c1-2-4-6-5-3-1;1-3-5-4-2/h1-5H;3-5H2,1-2H3. The smallest absolute Gasteiger partial charge is 0.0267 e. The van der Waals surface area contributed by atoms with Crippen LogP contribution in [-0.4, -0.2) is 4.98 Å². The second-order valence-electron chi connectivity index (χ2n) is 2.38. The zero-order valence-corrected chi connectivity index (χ0v) is 7.46. The third-order valence-corrected chi connectivity index (χ3v) is 1.27. The molecular formula is C10H17N. The van der Waals surface area contributed by atoms with Gasteiger partial charge < -0.3 is 0 Å². The molecule has 0 spiro atoms. The Morgan fingerprint density at radius 1 is 0.909 bits per heavy atom. The molecular weight excluding hydrogens is 134 g/mol. The quantitative estimate of drug-likeness (QED) is 0.632. The zero-order chi connectivity index (χ0) is 8.36. The predicted molar refractivity (Wildman–Crippen MR) is 49.4 cm³/mol. The Hall–Kier alpha value is -0.850. The molecule has 0 N–H and O–H groups in total. The van der Waals surface area contributed by atoms with Crippen LogP contribution in [0.2, 0.25) is 0 Å². The first-order valence-electron chi connectivity index (χ1n) is 4.26. The Bertz CT molecular complexity index is 108. The Morgan fingerprint density at radius 2 is 1.45 bits per heavy atom. The SMILES string of the molecule is CCCCC.c1ccncc1. The summed E-state index contributed by atoms with van der Waals surface area (Å²) in [4.78, 5) is 3.78. The summed E-state index contributed by atoms with van der Waals surface area (Å²) in [7, 11) is 0. The van der Waals surface area contributed by atoms with Crippen molar-refractivity contribution >= 4 is 0 Å². The minimum atomic E-state index is 1.34. The van der Waals surface area contributed by atoms with Gasteiger partial charge in [0.25, 0.3) is 0 Å². The van der Waals surface area contributed by atoms with Crippen molar-refractivity contribution in [3.63, 3.8) is 0 Å². The van der Waals surface area contributed by atoms with Crippen molar-refractivity contribution in [2.75, 3.05) is 0 Å². The number of aromatic nitrogens is 1. The summed E-state index contributed by atoms with van der Waals surface area (Å²) in [5.41, 5.74) is 0. The van der Waals surface area contributed by atoms with E-state index in [1.54, 1.807) is 12.4 Å². The van der Waals surface area contributed by atoms with Gasteiger partial charge in [0.2, 0.25) is 0 Å². The van der Waals surface area contributed by atoms with Gasteiger partial charge >= 0.3 is 0 Å². The van der Waals surface area contributed by atoms with Gasteiger partial charge in [-0.25, -0.2) is 0 Å². The molecule has 0 saturated carbocycles. The van der Waals surface area contributed by atoms with Crippen LogP contribution in [0.4, 0.5) is 0 Å². The molecule has 1 heterocycles. The van der Waals surface area contributed by atoms with Crippen LogP contribution in [0.25, 0.3) is 0 Å². The molecule has 0 atom stereocenters. The third kappa shape index (κ3) is 9.15. The molecule has 0 aliphatic rings. The molecule has 0 fully saturated rings. The van der Waals surface area contributed by atoms with Gasteiger partial charge in [0.15, 0.2) is 0 Å². The first-order chi connectivity index (χ1) is 5.41. The van der Waals surface area contributed by atoms with Gasteiger partial charge in [-0.05, 0) is 12.1 Å². The van der Waals surface area contributed by atoms with E-state index in [0.29, 0.717) is 0 Å². The van der Waals surface area contributed by atoms with Gasteiger partial charge in [-0.15, -0.1) is 0 Å². The van der Waals surface area contributed by atoms with Crippen LogP contribution in [0.15, 0.2) is 30.6 Å². The highest BCUT2D eigenvalue weighted by Gasteiger charge is 1.68. The summed E-state index contributed by atoms with van der Waals surface area (Å²) in [5.74, 6) is 0. The van der Waals surface area contributed by atoms with Crippen molar-refractivity contribution in [1.29, 1.82) is 0 Å². The van der Waals surface area contributed by atoms with Crippen LogP contribution in [-0.2, 0) is 0 Å². The lowest BCUT2D eigenvalue weighted by Crippen LogP contribution is -1.59. The van der Waals surface area contributed by atoms with Crippen molar-refractivity contribution in [2.45, 2.75) is 33.1 Å². The molecule has 1 rings (SSSR count). The monoisotopic (exact) mass is 151 g/mol. The molecule has 0 aliphatic heterocycles. The molecule has 0 saturated heterocycles. The average Bonchev–Trinajstić information content (AvgIpc) is 2.10. The number of hydrogen-bond donors (Lipinski definition) is 0. The van der Waals surface area contributed by atoms with Gasteiger partial charge in [-0.2, -0.15) is 0 Å². The van der Waals surface area contributed by atoms with E-state index in [-0.39, 0.29) is 0 Å². The minimum Gasteiger partial charge on any atom is -0.265 e. The Kier molecular flexibility index (Phi) is 8.44.